The lowest BCUT2D eigenvalue weighted by atomic mass is 9.87. The first-order valence-corrected chi connectivity index (χ1v) is 8.70. The summed E-state index contributed by atoms with van der Waals surface area (Å²) < 4.78 is 0. The maximum absolute atomic E-state index is 9.76. The average molecular weight is 286 g/mol. The van der Waals surface area contributed by atoms with Crippen molar-refractivity contribution < 1.29 is 5.11 Å². The van der Waals surface area contributed by atoms with Crippen molar-refractivity contribution >= 4 is 29.9 Å². The molecule has 0 heterocycles. The van der Waals surface area contributed by atoms with E-state index in [1.165, 1.54) is 5.56 Å². The monoisotopic (exact) mass is 285 g/mol. The molecule has 0 spiro atoms. The number of halogens is 1. The van der Waals surface area contributed by atoms with Crippen LogP contribution in [0.25, 0.3) is 0 Å². The van der Waals surface area contributed by atoms with Gasteiger partial charge in [-0.3, -0.25) is 0 Å². The van der Waals surface area contributed by atoms with Gasteiger partial charge < -0.3 is 5.11 Å². The predicted octanol–water partition coefficient (Wildman–Crippen LogP) is 3.03. The summed E-state index contributed by atoms with van der Waals surface area (Å²) in [5.41, 5.74) is 1.41. The van der Waals surface area contributed by atoms with Gasteiger partial charge in [0, 0.05) is 5.33 Å². The minimum Gasteiger partial charge on any atom is -0.508 e. The Morgan fingerprint density at radius 3 is 2.40 bits per heavy atom. The molecule has 1 aromatic carbocycles. The topological polar surface area (TPSA) is 20.2 Å². The Kier molecular flexibility index (Phi) is 4.01. The van der Waals surface area contributed by atoms with Crippen LogP contribution in [-0.2, 0) is 5.41 Å². The molecule has 0 aromatic heterocycles. The molecule has 0 aliphatic rings. The maximum atomic E-state index is 9.76. The molecular formula is C12H18BrOSi. The summed E-state index contributed by atoms with van der Waals surface area (Å²) in [5.74, 6) is 0.447. The van der Waals surface area contributed by atoms with Crippen molar-refractivity contribution in [3.8, 4) is 5.75 Å². The lowest BCUT2D eigenvalue weighted by Crippen LogP contribution is -2.27. The minimum absolute atomic E-state index is 0.125. The molecule has 0 amide bonds. The molecule has 3 heteroatoms. The largest absolute Gasteiger partial charge is 0.508 e. The number of aromatic hydroxyl groups is 1. The molecule has 0 bridgehead atoms. The van der Waals surface area contributed by atoms with Crippen molar-refractivity contribution in [2.24, 2.45) is 0 Å². The van der Waals surface area contributed by atoms with E-state index in [4.69, 9.17) is 0 Å². The quantitative estimate of drug-likeness (QED) is 0.669. The second kappa shape index (κ2) is 4.70. The van der Waals surface area contributed by atoms with Crippen molar-refractivity contribution in [3.05, 3.63) is 23.8 Å². The van der Waals surface area contributed by atoms with Gasteiger partial charge in [0.1, 0.15) is 5.75 Å². The zero-order valence-corrected chi connectivity index (χ0v) is 12.4. The van der Waals surface area contributed by atoms with E-state index in [0.717, 1.165) is 10.5 Å². The highest BCUT2D eigenvalue weighted by Gasteiger charge is 2.20. The summed E-state index contributed by atoms with van der Waals surface area (Å²) >= 11 is 3.53. The Morgan fingerprint density at radius 1 is 1.33 bits per heavy atom. The zero-order chi connectivity index (χ0) is 11.6. The molecule has 1 radical (unpaired) electrons. The van der Waals surface area contributed by atoms with Gasteiger partial charge in [-0.15, -0.1) is 0 Å². The van der Waals surface area contributed by atoms with Gasteiger partial charge in [-0.1, -0.05) is 55.0 Å². The van der Waals surface area contributed by atoms with E-state index in [9.17, 15) is 5.11 Å². The minimum atomic E-state index is -0.597. The molecule has 0 aliphatic heterocycles. The molecule has 1 aromatic rings. The fourth-order valence-electron chi connectivity index (χ4n) is 1.43. The highest BCUT2D eigenvalue weighted by atomic mass is 79.9. The second-order valence-electron chi connectivity index (χ2n) is 4.75. The fraction of sp³-hybridized carbons (Fsp3) is 0.500. The molecule has 83 valence electrons. The number of benzene rings is 1. The second-order valence-corrected chi connectivity index (χ2v) is 7.85. The van der Waals surface area contributed by atoms with Gasteiger partial charge in [-0.25, -0.2) is 0 Å². The molecule has 0 fully saturated rings. The first-order chi connectivity index (χ1) is 6.88. The van der Waals surface area contributed by atoms with Crippen LogP contribution in [0.1, 0.15) is 19.4 Å². The summed E-state index contributed by atoms with van der Waals surface area (Å²) in [7, 11) is -0.597. The molecule has 1 N–H and O–H groups in total. The van der Waals surface area contributed by atoms with Crippen LogP contribution in [0.4, 0.5) is 0 Å². The van der Waals surface area contributed by atoms with E-state index in [0.29, 0.717) is 5.75 Å². The third-order valence-electron chi connectivity index (χ3n) is 2.65. The lowest BCUT2D eigenvalue weighted by Gasteiger charge is -2.23. The Hall–Kier alpha value is -0.283. The van der Waals surface area contributed by atoms with Gasteiger partial charge in [-0.05, 0) is 22.2 Å². The number of phenolic OH excluding ortho intramolecular Hbond substituents is 1. The van der Waals surface area contributed by atoms with Crippen LogP contribution in [0, 0.1) is 0 Å². The Labute approximate surface area is 102 Å². The Balaban J connectivity index is 3.19. The first kappa shape index (κ1) is 12.8. The summed E-state index contributed by atoms with van der Waals surface area (Å²) in [4.78, 5) is 0. The lowest BCUT2D eigenvalue weighted by molar-refractivity contribution is 0.478. The summed E-state index contributed by atoms with van der Waals surface area (Å²) in [5, 5.41) is 11.8. The Bertz CT molecular complexity index is 347. The summed E-state index contributed by atoms with van der Waals surface area (Å²) in [6.07, 6.45) is 0. The Morgan fingerprint density at radius 2 is 1.93 bits per heavy atom. The number of hydrogen-bond donors (Lipinski definition) is 1. The van der Waals surface area contributed by atoms with Crippen molar-refractivity contribution in [3.63, 3.8) is 0 Å². The van der Waals surface area contributed by atoms with Crippen molar-refractivity contribution in [2.75, 3.05) is 5.33 Å². The summed E-state index contributed by atoms with van der Waals surface area (Å²) in [6.45, 7) is 8.81. The highest BCUT2D eigenvalue weighted by molar-refractivity contribution is 9.09. The van der Waals surface area contributed by atoms with Crippen LogP contribution in [0.2, 0.25) is 13.1 Å². The van der Waals surface area contributed by atoms with Gasteiger partial charge in [0.05, 0.1) is 8.80 Å². The van der Waals surface area contributed by atoms with E-state index in [-0.39, 0.29) is 5.41 Å². The van der Waals surface area contributed by atoms with Crippen LogP contribution in [0.5, 0.6) is 5.75 Å². The molecule has 1 rings (SSSR count). The molecule has 15 heavy (non-hydrogen) atoms. The van der Waals surface area contributed by atoms with E-state index in [1.807, 2.05) is 12.1 Å². The van der Waals surface area contributed by atoms with Gasteiger partial charge >= 0.3 is 0 Å². The SMILES string of the molecule is C[Si](C)c1cc(C(C)(C)CBr)ccc1O. The van der Waals surface area contributed by atoms with Gasteiger partial charge in [0.25, 0.3) is 0 Å². The van der Waals surface area contributed by atoms with Crippen LogP contribution < -0.4 is 5.19 Å². The van der Waals surface area contributed by atoms with Crippen molar-refractivity contribution in [1.82, 2.24) is 0 Å². The van der Waals surface area contributed by atoms with E-state index < -0.39 is 8.80 Å². The van der Waals surface area contributed by atoms with Gasteiger partial charge in [-0.2, -0.15) is 0 Å². The van der Waals surface area contributed by atoms with E-state index in [1.54, 1.807) is 0 Å². The fourth-order valence-corrected chi connectivity index (χ4v) is 2.80. The molecule has 1 nitrogen and oxygen atoms in total. The standard InChI is InChI=1S/C12H18BrOSi/c1-12(2,8-13)9-5-6-10(14)11(7-9)15(3)4/h5-7,14H,8H2,1-4H3. The third-order valence-corrected chi connectivity index (χ3v) is 5.53. The van der Waals surface area contributed by atoms with E-state index in [2.05, 4.69) is 48.9 Å². The molecule has 0 atom stereocenters. The molecule has 0 saturated carbocycles. The first-order valence-electron chi connectivity index (χ1n) is 5.08. The van der Waals surface area contributed by atoms with Crippen LogP contribution in [0.3, 0.4) is 0 Å². The van der Waals surface area contributed by atoms with Crippen LogP contribution in [-0.4, -0.2) is 19.2 Å². The molecule has 0 unspecified atom stereocenters. The van der Waals surface area contributed by atoms with E-state index >= 15 is 0 Å². The average Bonchev–Trinajstić information content (AvgIpc) is 2.17. The number of alkyl halides is 1. The van der Waals surface area contributed by atoms with Crippen molar-refractivity contribution in [2.45, 2.75) is 32.4 Å². The zero-order valence-electron chi connectivity index (χ0n) is 9.76. The number of rotatable bonds is 3. The van der Waals surface area contributed by atoms with Crippen molar-refractivity contribution in [1.29, 1.82) is 0 Å². The summed E-state index contributed by atoms with van der Waals surface area (Å²) in [6, 6.07) is 6.00. The highest BCUT2D eigenvalue weighted by Crippen LogP contribution is 2.26. The molecule has 0 saturated heterocycles. The smallest absolute Gasteiger partial charge is 0.114 e. The van der Waals surface area contributed by atoms with Gasteiger partial charge in [0.15, 0.2) is 0 Å². The van der Waals surface area contributed by atoms with Gasteiger partial charge in [0.2, 0.25) is 0 Å². The number of hydrogen-bond acceptors (Lipinski definition) is 1. The number of phenols is 1. The van der Waals surface area contributed by atoms with Crippen LogP contribution >= 0.6 is 15.9 Å². The third kappa shape index (κ3) is 2.85. The predicted molar refractivity (Wildman–Crippen MR) is 72.0 cm³/mol. The molecular weight excluding hydrogens is 268 g/mol. The molecule has 0 aliphatic carbocycles. The normalized spacial score (nSPS) is 12.1. The maximum Gasteiger partial charge on any atom is 0.114 e. The van der Waals surface area contributed by atoms with Crippen LogP contribution in [0.15, 0.2) is 18.2 Å².